The van der Waals surface area contributed by atoms with Crippen molar-refractivity contribution in [2.45, 2.75) is 58.8 Å². The second kappa shape index (κ2) is 18.7. The number of thiazole rings is 2. The van der Waals surface area contributed by atoms with Crippen molar-refractivity contribution in [3.63, 3.8) is 0 Å². The lowest BCUT2D eigenvalue weighted by molar-refractivity contribution is -0.144. The maximum Gasteiger partial charge on any atom is 0.258 e. The van der Waals surface area contributed by atoms with Gasteiger partial charge in [0.1, 0.15) is 12.1 Å². The van der Waals surface area contributed by atoms with Gasteiger partial charge in [-0.3, -0.25) is 24.1 Å². The summed E-state index contributed by atoms with van der Waals surface area (Å²) in [5.41, 5.74) is 4.81. The van der Waals surface area contributed by atoms with E-state index in [9.17, 15) is 24.3 Å². The molecule has 0 bridgehead atoms. The minimum Gasteiger partial charge on any atom is -0.481 e. The molecular weight excluding hydrogens is 873 g/mol. The number of anilines is 2. The number of carbonyl (C=O) groups excluding carboxylic acids is 4. The standard InChI is InChI=1S/C41H47BrN10O6S2/c1-24-35(59-23-46-24)26-7-5-25(6-8-26)17-43-37(56)31-16-28(53)20-52(31)38(57)36(41(2,3)4)48-34(55)22-58-29-18-44-39(45-19-29)51-13-11-50(12-14-51)21-33(54)49-40-47-30-10-9-27(42)15-32(30)60-40/h5-10,15,18-19,23,28,31,36,53H,11-14,16-17,20-22H2,1-4H3,(H,43,56)(H,48,55)(H,47,49,54)/t28-,31+,36-/m1/s1. The number of rotatable bonds is 13. The SMILES string of the molecule is Cc1ncsc1-c1ccc(CNC(=O)[C@@H]2C[C@@H](O)CN2C(=O)[C@@H](NC(=O)COc2cnc(N3CCN(CC(=O)Nc4nc5ccc(Br)cc5s4)CC3)nc2)C(C)(C)C)cc1. The summed E-state index contributed by atoms with van der Waals surface area (Å²) >= 11 is 6.47. The Hall–Kier alpha value is -5.08. The fourth-order valence-corrected chi connectivity index (χ4v) is 9.34. The first-order valence-corrected chi connectivity index (χ1v) is 22.0. The molecule has 316 valence electrons. The first kappa shape index (κ1) is 43.0. The summed E-state index contributed by atoms with van der Waals surface area (Å²) in [6.45, 7) is 10.00. The van der Waals surface area contributed by atoms with Gasteiger partial charge >= 0.3 is 0 Å². The van der Waals surface area contributed by atoms with Crippen molar-refractivity contribution in [2.75, 3.05) is 56.1 Å². The minimum absolute atomic E-state index is 0.0313. The maximum absolute atomic E-state index is 14.0. The number of hydrogen-bond donors (Lipinski definition) is 4. The molecule has 4 N–H and O–H groups in total. The lowest BCUT2D eigenvalue weighted by Crippen LogP contribution is -2.58. The van der Waals surface area contributed by atoms with Gasteiger partial charge in [0.25, 0.3) is 5.91 Å². The molecule has 2 aliphatic heterocycles. The highest BCUT2D eigenvalue weighted by atomic mass is 79.9. The first-order valence-electron chi connectivity index (χ1n) is 19.5. The van der Waals surface area contributed by atoms with Crippen LogP contribution in [0.3, 0.4) is 0 Å². The van der Waals surface area contributed by atoms with Crippen molar-refractivity contribution in [1.82, 2.24) is 40.4 Å². The van der Waals surface area contributed by atoms with Crippen LogP contribution < -0.4 is 25.6 Å². The molecule has 7 rings (SSSR count). The molecule has 60 heavy (non-hydrogen) atoms. The van der Waals surface area contributed by atoms with Gasteiger partial charge in [-0.2, -0.15) is 0 Å². The van der Waals surface area contributed by atoms with Crippen molar-refractivity contribution < 1.29 is 29.0 Å². The number of nitrogens with zero attached hydrogens (tertiary/aromatic N) is 7. The van der Waals surface area contributed by atoms with E-state index in [0.717, 1.165) is 36.4 Å². The number of halogens is 1. The van der Waals surface area contributed by atoms with Crippen LogP contribution in [-0.2, 0) is 25.7 Å². The number of amides is 4. The fraction of sp³-hybridized carbons (Fsp3) is 0.415. The molecule has 5 heterocycles. The third-order valence-corrected chi connectivity index (χ3v) is 12.7. The molecule has 4 amide bonds. The monoisotopic (exact) mass is 918 g/mol. The number of aliphatic hydroxyl groups is 1. The van der Waals surface area contributed by atoms with Gasteiger partial charge in [0, 0.05) is 50.2 Å². The normalized spacial score (nSPS) is 17.7. The topological polar surface area (TPSA) is 195 Å². The molecule has 0 spiro atoms. The Bertz CT molecular complexity index is 2330. The third kappa shape index (κ3) is 10.6. The van der Waals surface area contributed by atoms with E-state index in [-0.39, 0.29) is 43.6 Å². The highest BCUT2D eigenvalue weighted by Gasteiger charge is 2.44. The second-order valence-electron chi connectivity index (χ2n) is 15.9. The summed E-state index contributed by atoms with van der Waals surface area (Å²) < 4.78 is 7.65. The number of nitrogens with one attached hydrogen (secondary N) is 3. The summed E-state index contributed by atoms with van der Waals surface area (Å²) in [6.07, 6.45) is 2.18. The van der Waals surface area contributed by atoms with Crippen LogP contribution >= 0.6 is 38.6 Å². The molecular formula is C41H47BrN10O6S2. The van der Waals surface area contributed by atoms with Crippen molar-refractivity contribution in [3.8, 4) is 16.2 Å². The zero-order valence-corrected chi connectivity index (χ0v) is 36.9. The summed E-state index contributed by atoms with van der Waals surface area (Å²) in [5.74, 6) is -0.736. The van der Waals surface area contributed by atoms with Crippen LogP contribution in [0.4, 0.5) is 11.1 Å². The number of piperazine rings is 1. The van der Waals surface area contributed by atoms with Gasteiger partial charge in [-0.15, -0.1) is 11.3 Å². The number of likely N-dealkylation sites (tertiary alicyclic amines) is 1. The lowest BCUT2D eigenvalue weighted by Gasteiger charge is -2.35. The quantitative estimate of drug-likeness (QED) is 0.132. The molecule has 19 heteroatoms. The van der Waals surface area contributed by atoms with Crippen LogP contribution in [0.15, 0.2) is 64.8 Å². The number of ether oxygens (including phenoxy) is 1. The smallest absolute Gasteiger partial charge is 0.258 e. The van der Waals surface area contributed by atoms with E-state index in [0.29, 0.717) is 37.3 Å². The van der Waals surface area contributed by atoms with Crippen LogP contribution in [0.2, 0.25) is 0 Å². The Morgan fingerprint density at radius 3 is 2.42 bits per heavy atom. The van der Waals surface area contributed by atoms with Gasteiger partial charge in [0.2, 0.25) is 23.7 Å². The molecule has 0 unspecified atom stereocenters. The highest BCUT2D eigenvalue weighted by molar-refractivity contribution is 9.10. The Kier molecular flexibility index (Phi) is 13.4. The molecule has 2 fully saturated rings. The third-order valence-electron chi connectivity index (χ3n) is 10.3. The molecule has 2 aromatic carbocycles. The zero-order valence-electron chi connectivity index (χ0n) is 33.7. The molecule has 0 radical (unpaired) electrons. The Labute approximate surface area is 363 Å². The van der Waals surface area contributed by atoms with Crippen molar-refractivity contribution in [1.29, 1.82) is 0 Å². The summed E-state index contributed by atoms with van der Waals surface area (Å²) in [5, 5.41) is 19.8. The minimum atomic E-state index is -1.00. The van der Waals surface area contributed by atoms with Crippen LogP contribution in [0.5, 0.6) is 5.75 Å². The van der Waals surface area contributed by atoms with Gasteiger partial charge in [-0.1, -0.05) is 72.3 Å². The number of β-amino-alcohol motifs (C(OH)–C–C–N with tert-alkyl or cyclic N) is 1. The average Bonchev–Trinajstić information content (AvgIpc) is 3.95. The predicted octanol–water partition coefficient (Wildman–Crippen LogP) is 4.23. The Morgan fingerprint density at radius 1 is 1.00 bits per heavy atom. The molecule has 16 nitrogen and oxygen atoms in total. The molecule has 0 saturated carbocycles. The summed E-state index contributed by atoms with van der Waals surface area (Å²) in [4.78, 5) is 77.6. The van der Waals surface area contributed by atoms with Crippen LogP contribution in [0, 0.1) is 12.3 Å². The van der Waals surface area contributed by atoms with Crippen molar-refractivity contribution >= 4 is 83.5 Å². The van der Waals surface area contributed by atoms with E-state index >= 15 is 0 Å². The number of aromatic nitrogens is 4. The van der Waals surface area contributed by atoms with E-state index in [1.165, 1.54) is 28.6 Å². The number of carbonyl (C=O) groups is 4. The Morgan fingerprint density at radius 2 is 1.73 bits per heavy atom. The van der Waals surface area contributed by atoms with Crippen LogP contribution in [-0.4, -0.2) is 123 Å². The zero-order chi connectivity index (χ0) is 42.6. The van der Waals surface area contributed by atoms with Crippen LogP contribution in [0.1, 0.15) is 38.4 Å². The molecule has 3 aromatic heterocycles. The number of hydrogen-bond acceptors (Lipinski definition) is 14. The van der Waals surface area contributed by atoms with Gasteiger partial charge in [0.05, 0.1) is 51.3 Å². The van der Waals surface area contributed by atoms with Gasteiger partial charge < -0.3 is 35.6 Å². The molecule has 2 saturated heterocycles. The largest absolute Gasteiger partial charge is 0.481 e. The van der Waals surface area contributed by atoms with Crippen LogP contribution in [0.25, 0.3) is 20.7 Å². The van der Waals surface area contributed by atoms with E-state index in [4.69, 9.17) is 4.74 Å². The number of benzene rings is 2. The van der Waals surface area contributed by atoms with Crippen molar-refractivity contribution in [2.24, 2.45) is 5.41 Å². The summed E-state index contributed by atoms with van der Waals surface area (Å²) in [7, 11) is 0. The fourth-order valence-electron chi connectivity index (χ4n) is 7.10. The van der Waals surface area contributed by atoms with Crippen molar-refractivity contribution in [3.05, 3.63) is 76.1 Å². The molecule has 5 aromatic rings. The van der Waals surface area contributed by atoms with Gasteiger partial charge in [0.15, 0.2) is 17.5 Å². The summed E-state index contributed by atoms with van der Waals surface area (Å²) in [6, 6.07) is 11.7. The average molecular weight is 920 g/mol. The van der Waals surface area contributed by atoms with E-state index in [1.807, 2.05) is 80.6 Å². The maximum atomic E-state index is 14.0. The highest BCUT2D eigenvalue weighted by Crippen LogP contribution is 2.30. The molecule has 0 aliphatic carbocycles. The number of fused-ring (bicyclic) bond motifs is 1. The van der Waals surface area contributed by atoms with E-state index in [2.05, 4.69) is 56.7 Å². The second-order valence-corrected chi connectivity index (χ2v) is 18.7. The van der Waals surface area contributed by atoms with E-state index < -0.39 is 42.0 Å². The first-order chi connectivity index (χ1) is 28.7. The molecule has 3 atom stereocenters. The number of aliphatic hydroxyl groups excluding tert-OH is 1. The predicted molar refractivity (Wildman–Crippen MR) is 234 cm³/mol. The van der Waals surface area contributed by atoms with Gasteiger partial charge in [-0.05, 0) is 41.7 Å². The lowest BCUT2D eigenvalue weighted by atomic mass is 9.85. The van der Waals surface area contributed by atoms with Gasteiger partial charge in [-0.25, -0.2) is 19.9 Å². The Balaban J connectivity index is 0.863. The number of aryl methyl sites for hydroxylation is 1. The van der Waals surface area contributed by atoms with E-state index in [1.54, 1.807) is 11.3 Å². The molecule has 2 aliphatic rings.